The molecule has 4 heterocycles. The molecule has 2 aromatic carbocycles. The molecule has 0 radical (unpaired) electrons. The lowest BCUT2D eigenvalue weighted by Crippen LogP contribution is -2.53. The molecular formula is C46H54N12O3Si. The summed E-state index contributed by atoms with van der Waals surface area (Å²) >= 11 is 0. The van der Waals surface area contributed by atoms with E-state index in [1.807, 2.05) is 68.8 Å². The largest absolute Gasteiger partial charge is 0.362 e. The number of nitrogens with zero attached hydrogens (tertiary/aromatic N) is 7. The highest BCUT2D eigenvalue weighted by molar-refractivity contribution is 6.76. The summed E-state index contributed by atoms with van der Waals surface area (Å²) in [6.45, 7) is 29.8. The van der Waals surface area contributed by atoms with Gasteiger partial charge in [0.05, 0.1) is 24.5 Å². The Kier molecular flexibility index (Phi) is 13.0. The molecule has 2 amide bonds. The summed E-state index contributed by atoms with van der Waals surface area (Å²) in [6.07, 6.45) is 11.5. The zero-order valence-electron chi connectivity index (χ0n) is 36.4. The molecule has 5 N–H and O–H groups in total. The van der Waals surface area contributed by atoms with Crippen molar-refractivity contribution in [2.75, 3.05) is 17.2 Å². The second-order valence-corrected chi connectivity index (χ2v) is 23.1. The standard InChI is InChI=1S/C26H34N6O2Si.C20H20N6O/c1-17-14-28-26(30-23-10-9-22(23)29-18(2)33)31-25(17)21-15-32(16-34-11-12-35(4,5)6)24-13-19(27-3)7-8-20(21)24;1-11-9-23-20(25-17-7-6-16(17)24-12(2)27)26-19(11)15-10-22-18-8-13(21-3)4-5-14(15)18/h7-8,13-15,22-23H,9-12,16H2,1-2,4-6H3,(H,29,33)(H,28,30,31);4-5,8-10,16-17,22H,6-7H2,1-2H3,(H,24,27)(H,23,25,26)/t22-,23-;16-,17-/m00/s1. The number of hydrogen-bond acceptors (Lipinski definition) is 9. The fraction of sp³-hybridized carbons (Fsp3) is 0.391. The number of H-pyrrole nitrogens is 1. The van der Waals surface area contributed by atoms with Crippen molar-refractivity contribution in [3.05, 3.63) is 95.1 Å². The number of aryl methyl sites for hydroxylation is 2. The van der Waals surface area contributed by atoms with Crippen LogP contribution in [0.3, 0.4) is 0 Å². The minimum atomic E-state index is -1.17. The van der Waals surface area contributed by atoms with Gasteiger partial charge in [-0.1, -0.05) is 43.9 Å². The van der Waals surface area contributed by atoms with Gasteiger partial charge in [-0.15, -0.1) is 0 Å². The molecule has 4 atom stereocenters. The number of carbonyl (C=O) groups is 2. The molecule has 6 aromatic rings. The Morgan fingerprint density at radius 2 is 1.32 bits per heavy atom. The Hall–Kier alpha value is -6.62. The van der Waals surface area contributed by atoms with Gasteiger partial charge < -0.3 is 35.6 Å². The topological polar surface area (TPSA) is 172 Å². The van der Waals surface area contributed by atoms with Gasteiger partial charge in [0.15, 0.2) is 11.4 Å². The second kappa shape index (κ2) is 18.6. The van der Waals surface area contributed by atoms with Crippen molar-refractivity contribution in [3.8, 4) is 22.5 Å². The lowest BCUT2D eigenvalue weighted by molar-refractivity contribution is -0.121. The molecule has 2 fully saturated rings. The SMILES string of the molecule is [C-]#[N+]c1ccc2c(-c3nc(N[C@H]4CC[C@@H]4NC(C)=O)ncc3C)c[nH]c2c1.[C-]#[N+]c1ccc2c(-c3nc(N[C@H]4CC[C@@H]4NC(C)=O)ncc3C)cn(COCC[Si](C)(C)C)c2c1. The third-order valence-electron chi connectivity index (χ3n) is 11.4. The maximum absolute atomic E-state index is 11.4. The van der Waals surface area contributed by atoms with Crippen molar-refractivity contribution in [1.82, 2.24) is 40.1 Å². The summed E-state index contributed by atoms with van der Waals surface area (Å²) in [4.78, 5) is 51.5. The third kappa shape index (κ3) is 10.1. The van der Waals surface area contributed by atoms with E-state index in [0.717, 1.165) is 93.8 Å². The van der Waals surface area contributed by atoms with Gasteiger partial charge in [-0.3, -0.25) is 9.59 Å². The number of fused-ring (bicyclic) bond motifs is 2. The van der Waals surface area contributed by atoms with Crippen LogP contribution in [-0.2, 0) is 21.1 Å². The first kappa shape index (κ1) is 43.5. The number of rotatable bonds is 13. The van der Waals surface area contributed by atoms with E-state index in [1.165, 1.54) is 6.92 Å². The van der Waals surface area contributed by atoms with E-state index in [-0.39, 0.29) is 36.0 Å². The zero-order valence-corrected chi connectivity index (χ0v) is 37.4. The maximum atomic E-state index is 11.4. The monoisotopic (exact) mass is 850 g/mol. The normalized spacial score (nSPS) is 18.0. The van der Waals surface area contributed by atoms with Gasteiger partial charge in [0.25, 0.3) is 0 Å². The van der Waals surface area contributed by atoms with Gasteiger partial charge in [0.2, 0.25) is 23.7 Å². The lowest BCUT2D eigenvalue weighted by Gasteiger charge is -2.37. The van der Waals surface area contributed by atoms with Gasteiger partial charge in [-0.25, -0.2) is 29.6 Å². The maximum Gasteiger partial charge on any atom is 0.223 e. The van der Waals surface area contributed by atoms with Crippen LogP contribution in [0.5, 0.6) is 0 Å². The molecule has 8 rings (SSSR count). The summed E-state index contributed by atoms with van der Waals surface area (Å²) in [5.41, 5.74) is 8.68. The summed E-state index contributed by atoms with van der Waals surface area (Å²) in [5.74, 6) is 1.07. The van der Waals surface area contributed by atoms with Crippen molar-refractivity contribution >= 4 is 65.0 Å². The van der Waals surface area contributed by atoms with Crippen LogP contribution in [0.1, 0.15) is 50.7 Å². The van der Waals surface area contributed by atoms with Crippen LogP contribution in [-0.4, -0.2) is 80.1 Å². The molecule has 320 valence electrons. The second-order valence-electron chi connectivity index (χ2n) is 17.4. The van der Waals surface area contributed by atoms with Gasteiger partial charge in [-0.2, -0.15) is 0 Å². The summed E-state index contributed by atoms with van der Waals surface area (Å²) < 4.78 is 8.11. The van der Waals surface area contributed by atoms with Gasteiger partial charge in [-0.05, 0) is 68.8 Å². The van der Waals surface area contributed by atoms with Gasteiger partial charge in [0.1, 0.15) is 6.73 Å². The smallest absolute Gasteiger partial charge is 0.223 e. The number of aromatic nitrogens is 6. The lowest BCUT2D eigenvalue weighted by atomic mass is 9.86. The Morgan fingerprint density at radius 1 is 0.790 bits per heavy atom. The summed E-state index contributed by atoms with van der Waals surface area (Å²) in [7, 11) is -1.17. The number of anilines is 2. The molecule has 16 heteroatoms. The molecule has 2 aliphatic rings. The Bertz CT molecular complexity index is 2710. The molecule has 4 aromatic heterocycles. The summed E-state index contributed by atoms with van der Waals surface area (Å²) in [5, 5.41) is 14.7. The number of amides is 2. The number of carbonyl (C=O) groups excluding carboxylic acids is 2. The molecule has 0 bridgehead atoms. The predicted octanol–water partition coefficient (Wildman–Crippen LogP) is 8.91. The zero-order chi connectivity index (χ0) is 44.1. The predicted molar refractivity (Wildman–Crippen MR) is 247 cm³/mol. The Balaban J connectivity index is 0.000000192. The number of nitrogens with one attached hydrogen (secondary N) is 5. The van der Waals surface area contributed by atoms with Gasteiger partial charge >= 0.3 is 0 Å². The fourth-order valence-corrected chi connectivity index (χ4v) is 8.44. The number of aromatic amines is 1. The van der Waals surface area contributed by atoms with E-state index >= 15 is 0 Å². The van der Waals surface area contributed by atoms with E-state index in [2.05, 4.69) is 76.3 Å². The molecule has 0 aliphatic heterocycles. The van der Waals surface area contributed by atoms with E-state index < -0.39 is 8.07 Å². The highest BCUT2D eigenvalue weighted by atomic mass is 28.3. The van der Waals surface area contributed by atoms with E-state index in [4.69, 9.17) is 27.8 Å². The Morgan fingerprint density at radius 3 is 1.84 bits per heavy atom. The average Bonchev–Trinajstić information content (AvgIpc) is 3.82. The van der Waals surface area contributed by atoms with Crippen LogP contribution >= 0.6 is 0 Å². The van der Waals surface area contributed by atoms with Crippen LogP contribution in [0.2, 0.25) is 25.7 Å². The van der Waals surface area contributed by atoms with E-state index in [0.29, 0.717) is 30.0 Å². The van der Waals surface area contributed by atoms with Crippen LogP contribution < -0.4 is 21.3 Å². The average molecular weight is 851 g/mol. The first-order valence-corrected chi connectivity index (χ1v) is 24.7. The highest BCUT2D eigenvalue weighted by Crippen LogP contribution is 2.36. The number of ether oxygens (including phenoxy) is 1. The first-order valence-electron chi connectivity index (χ1n) is 21.0. The fourth-order valence-electron chi connectivity index (χ4n) is 7.68. The molecular weight excluding hydrogens is 797 g/mol. The van der Waals surface area contributed by atoms with Gasteiger partial charge in [0, 0.05) is 110 Å². The van der Waals surface area contributed by atoms with Crippen LogP contribution in [0, 0.1) is 27.0 Å². The van der Waals surface area contributed by atoms with Crippen molar-refractivity contribution in [2.45, 2.75) is 110 Å². The van der Waals surface area contributed by atoms with Crippen LogP contribution in [0.25, 0.3) is 54.0 Å². The Labute approximate surface area is 363 Å². The molecule has 2 aliphatic carbocycles. The molecule has 0 spiro atoms. The van der Waals surface area contributed by atoms with Crippen molar-refractivity contribution in [2.24, 2.45) is 0 Å². The minimum Gasteiger partial charge on any atom is -0.362 e. The molecule has 0 unspecified atom stereocenters. The third-order valence-corrected chi connectivity index (χ3v) is 13.1. The van der Waals surface area contributed by atoms with E-state index in [9.17, 15) is 9.59 Å². The van der Waals surface area contributed by atoms with Crippen molar-refractivity contribution < 1.29 is 14.3 Å². The molecule has 0 saturated heterocycles. The van der Waals surface area contributed by atoms with E-state index in [1.54, 1.807) is 6.92 Å². The number of hydrogen-bond donors (Lipinski definition) is 5. The quantitative estimate of drug-likeness (QED) is 0.0432. The van der Waals surface area contributed by atoms with Crippen molar-refractivity contribution in [3.63, 3.8) is 0 Å². The number of benzene rings is 2. The molecule has 2 saturated carbocycles. The molecule has 15 nitrogen and oxygen atoms in total. The van der Waals surface area contributed by atoms with Crippen LogP contribution in [0.4, 0.5) is 23.3 Å². The highest BCUT2D eigenvalue weighted by Gasteiger charge is 2.33. The first-order chi connectivity index (χ1) is 29.7. The van der Waals surface area contributed by atoms with Crippen molar-refractivity contribution in [1.29, 1.82) is 0 Å². The summed E-state index contributed by atoms with van der Waals surface area (Å²) in [6, 6.07) is 12.9. The minimum absolute atomic E-state index is 0.0189. The van der Waals surface area contributed by atoms with Crippen LogP contribution in [0.15, 0.2) is 61.2 Å². The molecule has 62 heavy (non-hydrogen) atoms.